The Kier molecular flexibility index (Phi) is 6.85. The van der Waals surface area contributed by atoms with Gasteiger partial charge in [0, 0.05) is 0 Å². The van der Waals surface area contributed by atoms with Gasteiger partial charge in [-0.1, -0.05) is 12.1 Å². The first kappa shape index (κ1) is 27.0. The van der Waals surface area contributed by atoms with Crippen molar-refractivity contribution in [3.8, 4) is 23.0 Å². The number of benzene rings is 3. The molecule has 36 heavy (non-hydrogen) atoms. The Bertz CT molecular complexity index is 1080. The molecule has 0 aliphatic carbocycles. The first-order chi connectivity index (χ1) is 16.3. The molecule has 0 unspecified atom stereocenters. The van der Waals surface area contributed by atoms with Crippen molar-refractivity contribution in [2.45, 2.75) is 24.7 Å². The normalized spacial score (nSPS) is 13.0. The molecule has 194 valence electrons. The minimum atomic E-state index is -5.19. The molecule has 0 aliphatic rings. The zero-order valence-electron chi connectivity index (χ0n) is 17.1. The van der Waals surface area contributed by atoms with Gasteiger partial charge in [-0.15, -0.1) is 0 Å². The van der Waals surface area contributed by atoms with Gasteiger partial charge in [0.1, 0.15) is 11.5 Å². The van der Waals surface area contributed by atoms with Gasteiger partial charge in [-0.05, 0) is 48.5 Å². The second kappa shape index (κ2) is 9.13. The molecule has 0 radical (unpaired) electrons. The summed E-state index contributed by atoms with van der Waals surface area (Å²) in [7, 11) is 0. The number of hydrogen-bond acceptors (Lipinski definition) is 2. The Hall–Kier alpha value is -3.58. The van der Waals surface area contributed by atoms with Gasteiger partial charge >= 0.3 is 24.7 Å². The van der Waals surface area contributed by atoms with Crippen molar-refractivity contribution in [2.24, 2.45) is 0 Å². The Morgan fingerprint density at radius 3 is 0.861 bits per heavy atom. The topological polar surface area (TPSA) is 18.5 Å². The van der Waals surface area contributed by atoms with E-state index in [1.807, 2.05) is 0 Å². The lowest BCUT2D eigenvalue weighted by molar-refractivity contribution is -0.144. The standard InChI is InChI=1S/C22H10F12O2/c23-19(24,25)11-5-12(20(26,27)28)8-15(7-11)35-17-3-1-2-4-18(17)36-16-9-13(21(29,30)31)6-14(10-16)22(32,33)34/h1-10H. The van der Waals surface area contributed by atoms with Crippen LogP contribution in [0.15, 0.2) is 60.7 Å². The van der Waals surface area contributed by atoms with Gasteiger partial charge in [0.15, 0.2) is 11.5 Å². The highest BCUT2D eigenvalue weighted by molar-refractivity contribution is 5.48. The van der Waals surface area contributed by atoms with E-state index in [4.69, 9.17) is 9.47 Å². The van der Waals surface area contributed by atoms with E-state index in [0.29, 0.717) is 0 Å². The summed E-state index contributed by atoms with van der Waals surface area (Å²) < 4.78 is 167. The van der Waals surface area contributed by atoms with Crippen molar-refractivity contribution in [1.82, 2.24) is 0 Å². The van der Waals surface area contributed by atoms with Gasteiger partial charge in [0.05, 0.1) is 22.3 Å². The maximum atomic E-state index is 13.1. The number of ether oxygens (including phenoxy) is 2. The quantitative estimate of drug-likeness (QED) is 0.311. The van der Waals surface area contributed by atoms with Crippen LogP contribution in [-0.2, 0) is 24.7 Å². The lowest BCUT2D eigenvalue weighted by Gasteiger charge is -2.17. The van der Waals surface area contributed by atoms with Crippen molar-refractivity contribution >= 4 is 0 Å². The molecule has 0 bridgehead atoms. The van der Waals surface area contributed by atoms with Crippen molar-refractivity contribution in [1.29, 1.82) is 0 Å². The van der Waals surface area contributed by atoms with Crippen molar-refractivity contribution in [3.05, 3.63) is 82.9 Å². The van der Waals surface area contributed by atoms with Crippen molar-refractivity contribution in [3.63, 3.8) is 0 Å². The number of halogens is 12. The van der Waals surface area contributed by atoms with Crippen molar-refractivity contribution < 1.29 is 62.2 Å². The fourth-order valence-corrected chi connectivity index (χ4v) is 2.84. The van der Waals surface area contributed by atoms with E-state index in [-0.39, 0.29) is 36.4 Å². The zero-order chi connectivity index (χ0) is 27.1. The highest BCUT2D eigenvalue weighted by Gasteiger charge is 2.38. The predicted octanol–water partition coefficient (Wildman–Crippen LogP) is 9.35. The zero-order valence-corrected chi connectivity index (χ0v) is 17.1. The van der Waals surface area contributed by atoms with Crippen LogP contribution >= 0.6 is 0 Å². The van der Waals surface area contributed by atoms with Crippen LogP contribution in [-0.4, -0.2) is 0 Å². The minimum Gasteiger partial charge on any atom is -0.453 e. The first-order valence-corrected chi connectivity index (χ1v) is 9.38. The van der Waals surface area contributed by atoms with E-state index in [1.54, 1.807) is 0 Å². The van der Waals surface area contributed by atoms with Gasteiger partial charge in [-0.2, -0.15) is 52.7 Å². The third-order valence-electron chi connectivity index (χ3n) is 4.43. The van der Waals surface area contributed by atoms with E-state index in [1.165, 1.54) is 12.1 Å². The van der Waals surface area contributed by atoms with Gasteiger partial charge in [0.25, 0.3) is 0 Å². The van der Waals surface area contributed by atoms with Crippen molar-refractivity contribution in [2.75, 3.05) is 0 Å². The summed E-state index contributed by atoms with van der Waals surface area (Å²) in [6.45, 7) is 0. The fourth-order valence-electron chi connectivity index (χ4n) is 2.84. The Labute approximate surface area is 193 Å². The average Bonchev–Trinajstić information content (AvgIpc) is 2.72. The van der Waals surface area contributed by atoms with E-state index < -0.39 is 70.0 Å². The highest BCUT2D eigenvalue weighted by Crippen LogP contribution is 2.43. The van der Waals surface area contributed by atoms with E-state index in [0.717, 1.165) is 12.1 Å². The average molecular weight is 534 g/mol. The molecule has 0 N–H and O–H groups in total. The van der Waals surface area contributed by atoms with Crippen LogP contribution in [0.1, 0.15) is 22.3 Å². The van der Waals surface area contributed by atoms with Crippen LogP contribution in [0.5, 0.6) is 23.0 Å². The first-order valence-electron chi connectivity index (χ1n) is 9.38. The molecule has 0 heterocycles. The fraction of sp³-hybridized carbons (Fsp3) is 0.182. The summed E-state index contributed by atoms with van der Waals surface area (Å²) in [5, 5.41) is 0. The molecule has 0 saturated carbocycles. The molecular weight excluding hydrogens is 524 g/mol. The summed E-state index contributed by atoms with van der Waals surface area (Å²) in [5.74, 6) is -3.10. The Balaban J connectivity index is 2.04. The summed E-state index contributed by atoms with van der Waals surface area (Å²) >= 11 is 0. The predicted molar refractivity (Wildman–Crippen MR) is 99.5 cm³/mol. The lowest BCUT2D eigenvalue weighted by atomic mass is 10.1. The monoisotopic (exact) mass is 534 g/mol. The molecule has 0 amide bonds. The summed E-state index contributed by atoms with van der Waals surface area (Å²) in [5.41, 5.74) is -6.84. The molecule has 14 heteroatoms. The molecule has 0 spiro atoms. The van der Waals surface area contributed by atoms with Crippen LogP contribution < -0.4 is 9.47 Å². The molecule has 2 nitrogen and oxygen atoms in total. The van der Waals surface area contributed by atoms with Crippen LogP contribution in [0.25, 0.3) is 0 Å². The smallest absolute Gasteiger partial charge is 0.416 e. The molecule has 0 aliphatic heterocycles. The largest absolute Gasteiger partial charge is 0.453 e. The van der Waals surface area contributed by atoms with Gasteiger partial charge in [-0.25, -0.2) is 0 Å². The van der Waals surface area contributed by atoms with Crippen LogP contribution in [0, 0.1) is 0 Å². The van der Waals surface area contributed by atoms with Gasteiger partial charge in [-0.3, -0.25) is 0 Å². The number of para-hydroxylation sites is 2. The third kappa shape index (κ3) is 6.55. The highest BCUT2D eigenvalue weighted by atomic mass is 19.4. The molecule has 0 fully saturated rings. The minimum absolute atomic E-state index is 0.156. The number of rotatable bonds is 4. The summed E-state index contributed by atoms with van der Waals surface area (Å²) in [6, 6.07) is 4.95. The molecule has 0 aromatic heterocycles. The van der Waals surface area contributed by atoms with E-state index in [2.05, 4.69) is 0 Å². The molecular formula is C22H10F12O2. The Morgan fingerprint density at radius 2 is 0.639 bits per heavy atom. The molecule has 3 aromatic carbocycles. The molecule has 0 saturated heterocycles. The summed E-state index contributed by atoms with van der Waals surface area (Å²) in [6.07, 6.45) is -20.8. The molecule has 3 aromatic rings. The number of hydrogen-bond donors (Lipinski definition) is 0. The lowest BCUT2D eigenvalue weighted by Crippen LogP contribution is -2.11. The van der Waals surface area contributed by atoms with Crippen LogP contribution in [0.2, 0.25) is 0 Å². The number of alkyl halides is 12. The SMILES string of the molecule is FC(F)(F)c1cc(Oc2ccccc2Oc2cc(C(F)(F)F)cc(C(F)(F)F)c2)cc(C(F)(F)F)c1. The third-order valence-corrected chi connectivity index (χ3v) is 4.43. The van der Waals surface area contributed by atoms with Gasteiger partial charge in [0.2, 0.25) is 0 Å². The van der Waals surface area contributed by atoms with Crippen LogP contribution in [0.3, 0.4) is 0 Å². The maximum Gasteiger partial charge on any atom is 0.416 e. The Morgan fingerprint density at radius 1 is 0.389 bits per heavy atom. The molecule has 0 atom stereocenters. The van der Waals surface area contributed by atoms with E-state index >= 15 is 0 Å². The van der Waals surface area contributed by atoms with Gasteiger partial charge < -0.3 is 9.47 Å². The second-order valence-corrected chi connectivity index (χ2v) is 7.13. The van der Waals surface area contributed by atoms with E-state index in [9.17, 15) is 52.7 Å². The summed E-state index contributed by atoms with van der Waals surface area (Å²) in [4.78, 5) is 0. The maximum absolute atomic E-state index is 13.1. The molecule has 3 rings (SSSR count). The second-order valence-electron chi connectivity index (χ2n) is 7.13. The van der Waals surface area contributed by atoms with Crippen LogP contribution in [0.4, 0.5) is 52.7 Å².